The predicted octanol–water partition coefficient (Wildman–Crippen LogP) is -1.66. The van der Waals surface area contributed by atoms with E-state index in [9.17, 15) is 25.2 Å². The van der Waals surface area contributed by atoms with Crippen LogP contribution in [0.3, 0.4) is 0 Å². The van der Waals surface area contributed by atoms with Crippen molar-refractivity contribution in [3.05, 3.63) is 18.8 Å². The molecule has 1 aliphatic rings. The van der Waals surface area contributed by atoms with Gasteiger partial charge in [0.15, 0.2) is 0 Å². The van der Waals surface area contributed by atoms with E-state index in [1.165, 1.54) is 11.6 Å². The largest absolute Gasteiger partial charge is 0.390 e. The molecule has 10 nitrogen and oxygen atoms in total. The van der Waals surface area contributed by atoms with E-state index in [1.807, 2.05) is 0 Å². The Morgan fingerprint density at radius 1 is 1.14 bits per heavy atom. The van der Waals surface area contributed by atoms with Crippen molar-refractivity contribution in [3.8, 4) is 0 Å². The molecule has 6 atom stereocenters. The number of rotatable bonds is 10. The minimum absolute atomic E-state index is 0.180. The summed E-state index contributed by atoms with van der Waals surface area (Å²) < 4.78 is 1.50. The SMILES string of the molecule is [CH2-]CCCCCN[C@H]1[C@H](O)[C@H](O)[C@@H](O)[C@H](O)[C@H]1Cn1cc(CNC(C)=O)nn1. The van der Waals surface area contributed by atoms with Crippen molar-refractivity contribution < 1.29 is 25.2 Å². The Kier molecular flexibility index (Phi) is 8.77. The van der Waals surface area contributed by atoms with Gasteiger partial charge in [0.2, 0.25) is 5.91 Å². The van der Waals surface area contributed by atoms with Crippen LogP contribution in [-0.4, -0.2) is 78.3 Å². The third-order valence-electron chi connectivity index (χ3n) is 5.13. The normalized spacial score (nSPS) is 30.4. The molecule has 6 N–H and O–H groups in total. The maximum atomic E-state index is 11.0. The van der Waals surface area contributed by atoms with Crippen LogP contribution in [-0.2, 0) is 17.9 Å². The molecule has 1 heterocycles. The zero-order valence-electron chi connectivity index (χ0n) is 16.2. The molecular weight excluding hydrogens is 366 g/mol. The minimum Gasteiger partial charge on any atom is -0.390 e. The molecule has 1 aromatic heterocycles. The van der Waals surface area contributed by atoms with E-state index < -0.39 is 36.4 Å². The van der Waals surface area contributed by atoms with Gasteiger partial charge in [-0.1, -0.05) is 18.1 Å². The highest BCUT2D eigenvalue weighted by atomic mass is 16.4. The van der Waals surface area contributed by atoms with Gasteiger partial charge in [0.05, 0.1) is 24.9 Å². The van der Waals surface area contributed by atoms with E-state index in [4.69, 9.17) is 0 Å². The average Bonchev–Trinajstić information content (AvgIpc) is 3.12. The molecule has 0 radical (unpaired) electrons. The van der Waals surface area contributed by atoms with Gasteiger partial charge >= 0.3 is 0 Å². The number of carbonyl (C=O) groups is 1. The van der Waals surface area contributed by atoms with Gasteiger partial charge in [-0.25, -0.2) is 0 Å². The van der Waals surface area contributed by atoms with Crippen molar-refractivity contribution in [3.63, 3.8) is 0 Å². The third kappa shape index (κ3) is 5.95. The van der Waals surface area contributed by atoms with Crippen molar-refractivity contribution in [2.24, 2.45) is 5.92 Å². The summed E-state index contributed by atoms with van der Waals surface area (Å²) in [5, 5.41) is 54.9. The maximum Gasteiger partial charge on any atom is 0.217 e. The Hall–Kier alpha value is -1.59. The molecule has 10 heteroatoms. The van der Waals surface area contributed by atoms with Gasteiger partial charge in [-0.15, -0.1) is 5.10 Å². The van der Waals surface area contributed by atoms with Crippen LogP contribution in [0.1, 0.15) is 38.3 Å². The van der Waals surface area contributed by atoms with Crippen LogP contribution < -0.4 is 10.6 Å². The fraction of sp³-hybridized carbons (Fsp3) is 0.778. The lowest BCUT2D eigenvalue weighted by Gasteiger charge is -2.44. The standard InChI is InChI=1S/C18H32N5O5/c1-3-4-5-6-7-19-14-13(15(25)17(27)18(28)16(14)26)10-23-9-12(21-22-23)8-20-11(2)24/h9,13-19,25-28H,1,3-8,10H2,2H3,(H,20,24)/q-1/t13-,14+,15+,16-,17-,18-/m0/s1. The summed E-state index contributed by atoms with van der Waals surface area (Å²) >= 11 is 0. The van der Waals surface area contributed by atoms with E-state index in [0.29, 0.717) is 12.2 Å². The molecule has 2 rings (SSSR count). The molecular formula is C18H32N5O5-. The van der Waals surface area contributed by atoms with Crippen molar-refractivity contribution in [1.29, 1.82) is 0 Å². The molecule has 28 heavy (non-hydrogen) atoms. The Labute approximate surface area is 164 Å². The number of carbonyl (C=O) groups excluding carboxylic acids is 1. The first-order chi connectivity index (χ1) is 13.3. The lowest BCUT2D eigenvalue weighted by Crippen LogP contribution is -2.65. The quantitative estimate of drug-likeness (QED) is 0.202. The predicted molar refractivity (Wildman–Crippen MR) is 101 cm³/mol. The molecule has 1 amide bonds. The summed E-state index contributed by atoms with van der Waals surface area (Å²) in [6.45, 7) is 6.24. The highest BCUT2D eigenvalue weighted by Crippen LogP contribution is 2.28. The van der Waals surface area contributed by atoms with Gasteiger partial charge in [0, 0.05) is 25.4 Å². The molecule has 0 saturated heterocycles. The number of hydrogen-bond acceptors (Lipinski definition) is 8. The maximum absolute atomic E-state index is 11.0. The zero-order chi connectivity index (χ0) is 20.7. The van der Waals surface area contributed by atoms with Crippen molar-refractivity contribution in [2.45, 2.75) is 76.2 Å². The number of unbranched alkanes of at least 4 members (excludes halogenated alkanes) is 3. The summed E-state index contributed by atoms with van der Waals surface area (Å²) in [7, 11) is 0. The summed E-state index contributed by atoms with van der Waals surface area (Å²) in [5.41, 5.74) is 0.555. The monoisotopic (exact) mass is 398 g/mol. The van der Waals surface area contributed by atoms with Crippen LogP contribution in [0.4, 0.5) is 0 Å². The summed E-state index contributed by atoms with van der Waals surface area (Å²) in [6, 6.07) is -0.615. The third-order valence-corrected chi connectivity index (χ3v) is 5.13. The fourth-order valence-corrected chi connectivity index (χ4v) is 3.52. The van der Waals surface area contributed by atoms with Gasteiger partial charge in [0.25, 0.3) is 0 Å². The summed E-state index contributed by atoms with van der Waals surface area (Å²) in [6.07, 6.45) is 0.0396. The summed E-state index contributed by atoms with van der Waals surface area (Å²) in [5.74, 6) is -0.767. The number of hydrogen-bond donors (Lipinski definition) is 6. The molecule has 1 fully saturated rings. The lowest BCUT2D eigenvalue weighted by atomic mass is 9.76. The van der Waals surface area contributed by atoms with Gasteiger partial charge in [-0.3, -0.25) is 9.48 Å². The van der Waals surface area contributed by atoms with Crippen LogP contribution in [0.15, 0.2) is 6.20 Å². The fourth-order valence-electron chi connectivity index (χ4n) is 3.52. The van der Waals surface area contributed by atoms with E-state index in [2.05, 4.69) is 27.9 Å². The van der Waals surface area contributed by atoms with Gasteiger partial charge in [-0.05, 0) is 13.0 Å². The molecule has 160 valence electrons. The zero-order valence-corrected chi connectivity index (χ0v) is 16.2. The van der Waals surface area contributed by atoms with E-state index >= 15 is 0 Å². The van der Waals surface area contributed by atoms with Gasteiger partial charge in [-0.2, -0.15) is 6.42 Å². The summed E-state index contributed by atoms with van der Waals surface area (Å²) in [4.78, 5) is 11.0. The lowest BCUT2D eigenvalue weighted by molar-refractivity contribution is -0.173. The van der Waals surface area contributed by atoms with Crippen molar-refractivity contribution in [2.75, 3.05) is 6.54 Å². The van der Waals surface area contributed by atoms with E-state index in [1.54, 1.807) is 6.20 Å². The van der Waals surface area contributed by atoms with Crippen molar-refractivity contribution >= 4 is 5.91 Å². The molecule has 0 spiro atoms. The van der Waals surface area contributed by atoms with Crippen molar-refractivity contribution in [1.82, 2.24) is 25.6 Å². The molecule has 1 aromatic rings. The second-order valence-corrected chi connectivity index (χ2v) is 7.36. The second kappa shape index (κ2) is 10.8. The van der Waals surface area contributed by atoms with Gasteiger partial charge in [0.1, 0.15) is 17.9 Å². The highest BCUT2D eigenvalue weighted by Gasteiger charge is 2.48. The van der Waals surface area contributed by atoms with Crippen LogP contribution in [0.2, 0.25) is 0 Å². The molecule has 1 saturated carbocycles. The van der Waals surface area contributed by atoms with Gasteiger partial charge < -0.3 is 38.0 Å². The Morgan fingerprint density at radius 2 is 1.86 bits per heavy atom. The smallest absolute Gasteiger partial charge is 0.217 e. The van der Waals surface area contributed by atoms with E-state index in [0.717, 1.165) is 25.7 Å². The first kappa shape index (κ1) is 22.7. The number of aliphatic hydroxyl groups excluding tert-OH is 4. The molecule has 0 unspecified atom stereocenters. The van der Waals surface area contributed by atoms with E-state index in [-0.39, 0.29) is 19.0 Å². The number of nitrogens with one attached hydrogen (secondary N) is 2. The number of aliphatic hydroxyl groups is 4. The highest BCUT2D eigenvalue weighted by molar-refractivity contribution is 5.72. The molecule has 0 aliphatic heterocycles. The average molecular weight is 398 g/mol. The molecule has 1 aliphatic carbocycles. The first-order valence-corrected chi connectivity index (χ1v) is 9.73. The van der Waals surface area contributed by atoms with Crippen LogP contribution >= 0.6 is 0 Å². The number of amides is 1. The first-order valence-electron chi connectivity index (χ1n) is 9.73. The molecule has 0 aromatic carbocycles. The number of aromatic nitrogens is 3. The topological polar surface area (TPSA) is 153 Å². The number of nitrogens with zero attached hydrogens (tertiary/aromatic N) is 3. The van der Waals surface area contributed by atoms with Crippen LogP contribution in [0.25, 0.3) is 0 Å². The minimum atomic E-state index is -1.45. The Morgan fingerprint density at radius 3 is 2.54 bits per heavy atom. The molecule has 0 bridgehead atoms. The van der Waals surface area contributed by atoms with Crippen LogP contribution in [0, 0.1) is 12.8 Å². The Balaban J connectivity index is 2.04. The van der Waals surface area contributed by atoms with Crippen LogP contribution in [0.5, 0.6) is 0 Å². The second-order valence-electron chi connectivity index (χ2n) is 7.36. The Bertz CT molecular complexity index is 613.